The molecule has 0 aliphatic heterocycles. The third-order valence-corrected chi connectivity index (χ3v) is 1.72. The molecule has 76 valence electrons. The minimum atomic E-state index is -3.02. The van der Waals surface area contributed by atoms with Gasteiger partial charge in [-0.1, -0.05) is 0 Å². The second-order valence-corrected chi connectivity index (χ2v) is 2.74. The number of anilines is 1. The summed E-state index contributed by atoms with van der Waals surface area (Å²) in [6.07, 6.45) is -2.23. The maximum Gasteiger partial charge on any atom is 0.271 e. The SMILES string of the molecule is Nc1c(O)cnc(C(=O)Cl)c1C(F)F. The van der Waals surface area contributed by atoms with Crippen LogP contribution < -0.4 is 5.73 Å². The van der Waals surface area contributed by atoms with E-state index in [0.717, 1.165) is 6.20 Å². The van der Waals surface area contributed by atoms with Gasteiger partial charge in [-0.3, -0.25) is 4.79 Å². The number of pyridine rings is 1. The number of aromatic nitrogens is 1. The molecule has 1 aromatic rings. The Hall–Kier alpha value is -1.43. The summed E-state index contributed by atoms with van der Waals surface area (Å²) in [6.45, 7) is 0. The van der Waals surface area contributed by atoms with Gasteiger partial charge in [-0.25, -0.2) is 13.8 Å². The van der Waals surface area contributed by atoms with Gasteiger partial charge in [0.1, 0.15) is 5.69 Å². The fourth-order valence-corrected chi connectivity index (χ4v) is 1.06. The highest BCUT2D eigenvalue weighted by Gasteiger charge is 2.23. The topological polar surface area (TPSA) is 76.2 Å². The summed E-state index contributed by atoms with van der Waals surface area (Å²) in [7, 11) is 0. The molecular formula is C7H5ClF2N2O2. The molecule has 14 heavy (non-hydrogen) atoms. The van der Waals surface area contributed by atoms with Crippen molar-refractivity contribution in [3.8, 4) is 5.75 Å². The normalized spacial score (nSPS) is 10.6. The van der Waals surface area contributed by atoms with Crippen LogP contribution in [0.4, 0.5) is 14.5 Å². The van der Waals surface area contributed by atoms with Gasteiger partial charge in [0.2, 0.25) is 0 Å². The molecule has 0 spiro atoms. The Labute approximate surface area is 82.3 Å². The summed E-state index contributed by atoms with van der Waals surface area (Å²) in [5, 5.41) is 7.83. The van der Waals surface area contributed by atoms with E-state index >= 15 is 0 Å². The monoisotopic (exact) mass is 222 g/mol. The number of hydrogen-bond donors (Lipinski definition) is 2. The molecule has 0 aromatic carbocycles. The van der Waals surface area contributed by atoms with Gasteiger partial charge >= 0.3 is 0 Å². The van der Waals surface area contributed by atoms with Crippen LogP contribution in [-0.2, 0) is 0 Å². The average Bonchev–Trinajstić information content (AvgIpc) is 2.08. The van der Waals surface area contributed by atoms with E-state index in [9.17, 15) is 13.6 Å². The van der Waals surface area contributed by atoms with Crippen LogP contribution in [0.1, 0.15) is 22.5 Å². The number of nitrogens with zero attached hydrogens (tertiary/aromatic N) is 1. The van der Waals surface area contributed by atoms with Crippen LogP contribution in [0, 0.1) is 0 Å². The van der Waals surface area contributed by atoms with Gasteiger partial charge in [0, 0.05) is 0 Å². The highest BCUT2D eigenvalue weighted by molar-refractivity contribution is 6.67. The summed E-state index contributed by atoms with van der Waals surface area (Å²) >= 11 is 5.00. The third-order valence-electron chi connectivity index (χ3n) is 1.54. The Morgan fingerprint density at radius 2 is 2.21 bits per heavy atom. The molecule has 1 aromatic heterocycles. The van der Waals surface area contributed by atoms with Gasteiger partial charge in [-0.15, -0.1) is 0 Å². The largest absolute Gasteiger partial charge is 0.504 e. The van der Waals surface area contributed by atoms with E-state index in [4.69, 9.17) is 22.4 Å². The third kappa shape index (κ3) is 1.74. The zero-order valence-corrected chi connectivity index (χ0v) is 7.42. The number of halogens is 3. The van der Waals surface area contributed by atoms with E-state index in [1.807, 2.05) is 0 Å². The average molecular weight is 223 g/mol. The molecule has 0 bridgehead atoms. The predicted octanol–water partition coefficient (Wildman–Crippen LogP) is 1.69. The molecule has 0 aliphatic rings. The van der Waals surface area contributed by atoms with Crippen LogP contribution in [0.25, 0.3) is 0 Å². The maximum atomic E-state index is 12.4. The number of nitrogen functional groups attached to an aromatic ring is 1. The molecule has 7 heteroatoms. The molecule has 0 amide bonds. The maximum absolute atomic E-state index is 12.4. The van der Waals surface area contributed by atoms with Crippen molar-refractivity contribution in [1.82, 2.24) is 4.98 Å². The molecule has 1 rings (SSSR count). The van der Waals surface area contributed by atoms with Gasteiger partial charge in [0.25, 0.3) is 11.7 Å². The van der Waals surface area contributed by atoms with Crippen LogP contribution in [0.5, 0.6) is 5.75 Å². The van der Waals surface area contributed by atoms with E-state index in [1.54, 1.807) is 0 Å². The number of aromatic hydroxyl groups is 1. The van der Waals surface area contributed by atoms with Crippen molar-refractivity contribution in [3.63, 3.8) is 0 Å². The van der Waals surface area contributed by atoms with Crippen molar-refractivity contribution in [2.24, 2.45) is 0 Å². The molecular weight excluding hydrogens is 218 g/mol. The molecule has 0 radical (unpaired) electrons. The molecule has 3 N–H and O–H groups in total. The van der Waals surface area contributed by atoms with Gasteiger partial charge in [0.15, 0.2) is 5.75 Å². The van der Waals surface area contributed by atoms with E-state index in [1.165, 1.54) is 0 Å². The fraction of sp³-hybridized carbons (Fsp3) is 0.143. The Balaban J connectivity index is 3.45. The van der Waals surface area contributed by atoms with E-state index in [0.29, 0.717) is 0 Å². The summed E-state index contributed by atoms with van der Waals surface area (Å²) < 4.78 is 24.8. The number of nitrogens with two attached hydrogens (primary N) is 1. The van der Waals surface area contributed by atoms with Gasteiger partial charge in [0.05, 0.1) is 17.4 Å². The Bertz CT molecular complexity index is 384. The lowest BCUT2D eigenvalue weighted by Gasteiger charge is -2.08. The predicted molar refractivity (Wildman–Crippen MR) is 45.5 cm³/mol. The van der Waals surface area contributed by atoms with Crippen molar-refractivity contribution >= 4 is 22.5 Å². The second kappa shape index (κ2) is 3.75. The van der Waals surface area contributed by atoms with Crippen LogP contribution >= 0.6 is 11.6 Å². The zero-order chi connectivity index (χ0) is 10.9. The van der Waals surface area contributed by atoms with Crippen LogP contribution in [0.15, 0.2) is 6.20 Å². The van der Waals surface area contributed by atoms with Crippen LogP contribution in [-0.4, -0.2) is 15.3 Å². The summed E-state index contributed by atoms with van der Waals surface area (Å²) in [5.74, 6) is -0.609. The molecule has 0 fully saturated rings. The molecule has 4 nitrogen and oxygen atoms in total. The summed E-state index contributed by atoms with van der Waals surface area (Å²) in [5.41, 5.74) is 3.07. The number of alkyl halides is 2. The first-order valence-electron chi connectivity index (χ1n) is 3.40. The highest BCUT2D eigenvalue weighted by atomic mass is 35.5. The first-order valence-corrected chi connectivity index (χ1v) is 3.78. The smallest absolute Gasteiger partial charge is 0.271 e. The first kappa shape index (κ1) is 10.6. The first-order chi connectivity index (χ1) is 6.45. The quantitative estimate of drug-likeness (QED) is 0.747. The number of hydrogen-bond acceptors (Lipinski definition) is 4. The van der Waals surface area contributed by atoms with Crippen molar-refractivity contribution < 1.29 is 18.7 Å². The van der Waals surface area contributed by atoms with Gasteiger partial charge in [-0.05, 0) is 11.6 Å². The molecule has 0 aliphatic carbocycles. The minimum absolute atomic E-state index is 0.584. The zero-order valence-electron chi connectivity index (χ0n) is 6.67. The second-order valence-electron chi connectivity index (χ2n) is 2.39. The number of carbonyl (C=O) groups excluding carboxylic acids is 1. The molecule has 0 saturated heterocycles. The molecule has 1 heterocycles. The van der Waals surface area contributed by atoms with Crippen molar-refractivity contribution in [1.29, 1.82) is 0 Å². The van der Waals surface area contributed by atoms with E-state index in [2.05, 4.69) is 4.98 Å². The minimum Gasteiger partial charge on any atom is -0.504 e. The molecule has 0 saturated carbocycles. The van der Waals surface area contributed by atoms with E-state index in [-0.39, 0.29) is 0 Å². The van der Waals surface area contributed by atoms with Gasteiger partial charge in [-0.2, -0.15) is 0 Å². The molecule has 0 unspecified atom stereocenters. The Morgan fingerprint density at radius 1 is 1.64 bits per heavy atom. The number of carbonyl (C=O) groups is 1. The van der Waals surface area contributed by atoms with Crippen molar-refractivity contribution in [2.75, 3.05) is 5.73 Å². The molecule has 0 atom stereocenters. The van der Waals surface area contributed by atoms with Crippen molar-refractivity contribution in [2.45, 2.75) is 6.43 Å². The standard InChI is InChI=1S/C7H5ClF2N2O2/c8-6(14)5-3(7(9)10)4(11)2(13)1-12-5/h1,7,13H,(H2,11,12). The number of rotatable bonds is 2. The Kier molecular flexibility index (Phi) is 2.85. The highest BCUT2D eigenvalue weighted by Crippen LogP contribution is 2.33. The van der Waals surface area contributed by atoms with E-state index < -0.39 is 34.4 Å². The summed E-state index contributed by atoms with van der Waals surface area (Å²) in [4.78, 5) is 13.9. The van der Waals surface area contributed by atoms with Crippen LogP contribution in [0.2, 0.25) is 0 Å². The Morgan fingerprint density at radius 3 is 2.64 bits per heavy atom. The lowest BCUT2D eigenvalue weighted by Crippen LogP contribution is -2.06. The lowest BCUT2D eigenvalue weighted by molar-refractivity contribution is 0.106. The van der Waals surface area contributed by atoms with Gasteiger partial charge < -0.3 is 10.8 Å². The van der Waals surface area contributed by atoms with Crippen LogP contribution in [0.3, 0.4) is 0 Å². The fourth-order valence-electron chi connectivity index (χ4n) is 0.908. The lowest BCUT2D eigenvalue weighted by atomic mass is 10.1. The van der Waals surface area contributed by atoms with Crippen molar-refractivity contribution in [3.05, 3.63) is 17.5 Å². The summed E-state index contributed by atoms with van der Waals surface area (Å²) in [6, 6.07) is 0.